The second kappa shape index (κ2) is 3.93. The smallest absolute Gasteiger partial charge is 0.349 e. The Bertz CT molecular complexity index is 380. The minimum Gasteiger partial charge on any atom is -0.465 e. The monoisotopic (exact) mass is 225 g/mol. The van der Waals surface area contributed by atoms with Crippen LogP contribution < -0.4 is 0 Å². The second-order valence-corrected chi connectivity index (χ2v) is 5.00. The molecule has 0 N–H and O–H groups in total. The largest absolute Gasteiger partial charge is 0.465 e. The quantitative estimate of drug-likeness (QED) is 0.742. The Labute approximate surface area is 93.6 Å². The van der Waals surface area contributed by atoms with Gasteiger partial charge in [-0.1, -0.05) is 13.8 Å². The van der Waals surface area contributed by atoms with Crippen LogP contribution in [0.25, 0.3) is 0 Å². The third kappa shape index (κ3) is 1.91. The number of aromatic nitrogens is 1. The maximum Gasteiger partial charge on any atom is 0.349 e. The average molecular weight is 225 g/mol. The maximum absolute atomic E-state index is 11.6. The molecule has 0 aliphatic heterocycles. The van der Waals surface area contributed by atoms with Gasteiger partial charge >= 0.3 is 5.97 Å². The Kier molecular flexibility index (Phi) is 2.78. The highest BCUT2D eigenvalue weighted by Gasteiger charge is 2.34. The Morgan fingerprint density at radius 3 is 2.67 bits per heavy atom. The number of rotatable bonds is 3. The van der Waals surface area contributed by atoms with Crippen LogP contribution in [0.4, 0.5) is 0 Å². The van der Waals surface area contributed by atoms with E-state index in [9.17, 15) is 4.79 Å². The van der Waals surface area contributed by atoms with E-state index in [1.807, 2.05) is 0 Å². The van der Waals surface area contributed by atoms with Crippen LogP contribution in [0.5, 0.6) is 0 Å². The molecule has 0 atom stereocenters. The summed E-state index contributed by atoms with van der Waals surface area (Å²) in [5.41, 5.74) is 2.24. The van der Waals surface area contributed by atoms with Crippen LogP contribution in [0.1, 0.15) is 59.5 Å². The van der Waals surface area contributed by atoms with Gasteiger partial charge in [-0.2, -0.15) is 4.37 Å². The number of hydrogen-bond donors (Lipinski definition) is 0. The average Bonchev–Trinajstić information content (AvgIpc) is 2.95. The molecule has 0 radical (unpaired) electrons. The first kappa shape index (κ1) is 10.6. The maximum atomic E-state index is 11.6. The van der Waals surface area contributed by atoms with Gasteiger partial charge in [-0.3, -0.25) is 0 Å². The van der Waals surface area contributed by atoms with Crippen molar-refractivity contribution >= 4 is 17.5 Å². The van der Waals surface area contributed by atoms with Crippen LogP contribution in [0.2, 0.25) is 0 Å². The van der Waals surface area contributed by atoms with Crippen molar-refractivity contribution in [3.05, 3.63) is 16.1 Å². The molecule has 1 aromatic heterocycles. The lowest BCUT2D eigenvalue weighted by Crippen LogP contribution is -2.03. The number of esters is 1. The van der Waals surface area contributed by atoms with Crippen molar-refractivity contribution in [2.45, 2.75) is 38.5 Å². The summed E-state index contributed by atoms with van der Waals surface area (Å²) in [6.07, 6.45) is 2.37. The summed E-state index contributed by atoms with van der Waals surface area (Å²) >= 11 is 1.28. The fourth-order valence-corrected chi connectivity index (χ4v) is 2.76. The van der Waals surface area contributed by atoms with Crippen LogP contribution in [0.3, 0.4) is 0 Å². The fraction of sp³-hybridized carbons (Fsp3) is 0.636. The van der Waals surface area contributed by atoms with E-state index in [2.05, 4.69) is 18.2 Å². The van der Waals surface area contributed by atoms with Gasteiger partial charge < -0.3 is 4.74 Å². The first-order valence-corrected chi connectivity index (χ1v) is 6.00. The summed E-state index contributed by atoms with van der Waals surface area (Å²) in [5.74, 6) is 0.701. The molecule has 1 fully saturated rings. The molecule has 1 aromatic rings. The molecule has 0 aromatic carbocycles. The van der Waals surface area contributed by atoms with E-state index in [0.29, 0.717) is 16.7 Å². The number of hydrogen-bond acceptors (Lipinski definition) is 4. The van der Waals surface area contributed by atoms with Crippen molar-refractivity contribution in [1.29, 1.82) is 0 Å². The Morgan fingerprint density at radius 1 is 1.53 bits per heavy atom. The predicted molar refractivity (Wildman–Crippen MR) is 59.5 cm³/mol. The van der Waals surface area contributed by atoms with Crippen LogP contribution >= 0.6 is 11.5 Å². The number of carbonyl (C=O) groups is 1. The minimum atomic E-state index is -0.235. The van der Waals surface area contributed by atoms with Crippen molar-refractivity contribution in [2.24, 2.45) is 0 Å². The molecule has 1 aliphatic rings. The highest BCUT2D eigenvalue weighted by atomic mass is 32.1. The van der Waals surface area contributed by atoms with E-state index in [0.717, 1.165) is 11.3 Å². The molecule has 3 nitrogen and oxygen atoms in total. The van der Waals surface area contributed by atoms with Crippen molar-refractivity contribution in [2.75, 3.05) is 7.11 Å². The van der Waals surface area contributed by atoms with E-state index in [1.54, 1.807) is 0 Å². The number of nitrogens with zero attached hydrogens (tertiary/aromatic N) is 1. The van der Waals surface area contributed by atoms with E-state index in [-0.39, 0.29) is 5.97 Å². The summed E-state index contributed by atoms with van der Waals surface area (Å²) in [6, 6.07) is 0. The van der Waals surface area contributed by atoms with Gasteiger partial charge in [-0.25, -0.2) is 4.79 Å². The van der Waals surface area contributed by atoms with E-state index >= 15 is 0 Å². The van der Waals surface area contributed by atoms with Crippen LogP contribution in [0, 0.1) is 0 Å². The van der Waals surface area contributed by atoms with E-state index < -0.39 is 0 Å². The number of ether oxygens (including phenoxy) is 1. The summed E-state index contributed by atoms with van der Waals surface area (Å²) in [5, 5.41) is 0. The van der Waals surface area contributed by atoms with E-state index in [4.69, 9.17) is 4.74 Å². The molecular weight excluding hydrogens is 210 g/mol. The van der Waals surface area contributed by atoms with Crippen LogP contribution in [-0.4, -0.2) is 17.5 Å². The normalized spacial score (nSPS) is 15.7. The molecule has 0 bridgehead atoms. The van der Waals surface area contributed by atoms with Gasteiger partial charge in [-0.05, 0) is 36.2 Å². The summed E-state index contributed by atoms with van der Waals surface area (Å²) in [6.45, 7) is 4.23. The molecule has 1 aliphatic carbocycles. The molecule has 0 saturated heterocycles. The molecule has 1 saturated carbocycles. The minimum absolute atomic E-state index is 0.235. The van der Waals surface area contributed by atoms with Crippen molar-refractivity contribution < 1.29 is 9.53 Å². The molecule has 0 spiro atoms. The summed E-state index contributed by atoms with van der Waals surface area (Å²) < 4.78 is 9.17. The Hall–Kier alpha value is -0.900. The zero-order chi connectivity index (χ0) is 11.0. The molecule has 82 valence electrons. The van der Waals surface area contributed by atoms with Gasteiger partial charge in [0.1, 0.15) is 4.88 Å². The summed E-state index contributed by atoms with van der Waals surface area (Å²) in [4.78, 5) is 12.3. The third-order valence-electron chi connectivity index (χ3n) is 2.66. The molecule has 4 heteroatoms. The zero-order valence-electron chi connectivity index (χ0n) is 9.24. The fourth-order valence-electron chi connectivity index (χ4n) is 1.73. The Morgan fingerprint density at radius 2 is 2.20 bits per heavy atom. The van der Waals surface area contributed by atoms with Gasteiger partial charge in [0.25, 0.3) is 0 Å². The molecule has 0 unspecified atom stereocenters. The Balaban J connectivity index is 2.42. The standard InChI is InChI=1S/C11H15NO2S/c1-6(2)9-8(7-4-5-7)10(15-12-9)11(13)14-3/h6-7H,4-5H2,1-3H3. The molecular formula is C11H15NO2S. The molecule has 0 amide bonds. The first-order valence-electron chi connectivity index (χ1n) is 5.23. The lowest BCUT2D eigenvalue weighted by Gasteiger charge is -2.05. The van der Waals surface area contributed by atoms with Crippen molar-refractivity contribution in [3.63, 3.8) is 0 Å². The SMILES string of the molecule is COC(=O)c1snc(C(C)C)c1C1CC1. The van der Waals surface area contributed by atoms with Gasteiger partial charge in [-0.15, -0.1) is 0 Å². The molecule has 2 rings (SSSR count). The van der Waals surface area contributed by atoms with Crippen LogP contribution in [-0.2, 0) is 4.74 Å². The van der Waals surface area contributed by atoms with Gasteiger partial charge in [0, 0.05) is 5.56 Å². The van der Waals surface area contributed by atoms with E-state index in [1.165, 1.54) is 31.5 Å². The highest BCUT2D eigenvalue weighted by molar-refractivity contribution is 7.08. The highest BCUT2D eigenvalue weighted by Crippen LogP contribution is 2.46. The lowest BCUT2D eigenvalue weighted by molar-refractivity contribution is 0.0605. The lowest BCUT2D eigenvalue weighted by atomic mass is 10.0. The molecule has 15 heavy (non-hydrogen) atoms. The zero-order valence-corrected chi connectivity index (χ0v) is 10.1. The van der Waals surface area contributed by atoms with Crippen molar-refractivity contribution in [3.8, 4) is 0 Å². The van der Waals surface area contributed by atoms with Gasteiger partial charge in [0.05, 0.1) is 12.8 Å². The van der Waals surface area contributed by atoms with Gasteiger partial charge in [0.15, 0.2) is 0 Å². The predicted octanol–water partition coefficient (Wildman–Crippen LogP) is 2.93. The third-order valence-corrected chi connectivity index (χ3v) is 3.52. The summed E-state index contributed by atoms with van der Waals surface area (Å²) in [7, 11) is 1.42. The van der Waals surface area contributed by atoms with Crippen LogP contribution in [0.15, 0.2) is 0 Å². The second-order valence-electron chi connectivity index (χ2n) is 4.23. The topological polar surface area (TPSA) is 39.2 Å². The number of carbonyl (C=O) groups excluding carboxylic acids is 1. The van der Waals surface area contributed by atoms with Crippen molar-refractivity contribution in [1.82, 2.24) is 4.37 Å². The first-order chi connectivity index (χ1) is 7.15. The molecule has 1 heterocycles. The van der Waals surface area contributed by atoms with Gasteiger partial charge in [0.2, 0.25) is 0 Å². The number of methoxy groups -OCH3 is 1.